The van der Waals surface area contributed by atoms with Gasteiger partial charge in [0.2, 0.25) is 5.82 Å². The van der Waals surface area contributed by atoms with E-state index in [9.17, 15) is 4.79 Å². The van der Waals surface area contributed by atoms with Crippen LogP contribution in [0.5, 0.6) is 0 Å². The van der Waals surface area contributed by atoms with E-state index in [1.807, 2.05) is 48.7 Å². The van der Waals surface area contributed by atoms with Crippen LogP contribution in [-0.4, -0.2) is 22.0 Å². The number of aromatic nitrogens is 2. The van der Waals surface area contributed by atoms with Crippen LogP contribution in [0.2, 0.25) is 0 Å². The summed E-state index contributed by atoms with van der Waals surface area (Å²) >= 11 is 2.26. The molecule has 3 aromatic rings. The second-order valence-corrected chi connectivity index (χ2v) is 5.72. The molecule has 1 aromatic carbocycles. The maximum atomic E-state index is 12.1. The number of benzene rings is 1. The first-order chi connectivity index (χ1) is 10.2. The standard InChI is InChI=1S/C16H13IN2O2/c1-2-21-16(20)15-18-14(11-6-5-7-12(17)10-11)13-8-3-4-9-19(13)15/h3-10H,2H2,1H3. The second-order valence-electron chi connectivity index (χ2n) is 4.47. The Balaban J connectivity index is 2.22. The lowest BCUT2D eigenvalue weighted by Gasteiger charge is -2.00. The van der Waals surface area contributed by atoms with Crippen molar-refractivity contribution in [2.24, 2.45) is 0 Å². The van der Waals surface area contributed by atoms with Gasteiger partial charge in [-0.25, -0.2) is 9.78 Å². The summed E-state index contributed by atoms with van der Waals surface area (Å²) in [5, 5.41) is 0. The fourth-order valence-electron chi connectivity index (χ4n) is 2.23. The number of carbonyl (C=O) groups is 1. The number of esters is 1. The molecule has 5 heteroatoms. The van der Waals surface area contributed by atoms with E-state index >= 15 is 0 Å². The molecule has 0 aliphatic rings. The highest BCUT2D eigenvalue weighted by Gasteiger charge is 2.18. The average molecular weight is 392 g/mol. The molecule has 2 heterocycles. The largest absolute Gasteiger partial charge is 0.460 e. The molecule has 0 unspecified atom stereocenters. The number of carbonyl (C=O) groups excluding carboxylic acids is 1. The van der Waals surface area contributed by atoms with E-state index in [0.29, 0.717) is 12.4 Å². The smallest absolute Gasteiger partial charge is 0.374 e. The normalized spacial score (nSPS) is 10.8. The van der Waals surface area contributed by atoms with Crippen molar-refractivity contribution in [3.8, 4) is 11.3 Å². The number of hydrogen-bond donors (Lipinski definition) is 0. The van der Waals surface area contributed by atoms with Crippen LogP contribution >= 0.6 is 22.6 Å². The van der Waals surface area contributed by atoms with Crippen molar-refractivity contribution in [3.05, 3.63) is 58.1 Å². The molecular formula is C16H13IN2O2. The Bertz CT molecular complexity index is 811. The Morgan fingerprint density at radius 1 is 1.29 bits per heavy atom. The van der Waals surface area contributed by atoms with Crippen molar-refractivity contribution in [2.45, 2.75) is 6.92 Å². The molecule has 0 aliphatic heterocycles. The van der Waals surface area contributed by atoms with Crippen LogP contribution in [0.3, 0.4) is 0 Å². The maximum absolute atomic E-state index is 12.1. The van der Waals surface area contributed by atoms with Crippen LogP contribution in [-0.2, 0) is 4.74 Å². The molecule has 0 N–H and O–H groups in total. The van der Waals surface area contributed by atoms with E-state index in [2.05, 4.69) is 27.6 Å². The lowest BCUT2D eigenvalue weighted by atomic mass is 10.1. The van der Waals surface area contributed by atoms with Crippen molar-refractivity contribution < 1.29 is 9.53 Å². The van der Waals surface area contributed by atoms with E-state index in [0.717, 1.165) is 20.3 Å². The van der Waals surface area contributed by atoms with Crippen LogP contribution in [0.4, 0.5) is 0 Å². The molecule has 106 valence electrons. The van der Waals surface area contributed by atoms with Gasteiger partial charge in [0, 0.05) is 15.3 Å². The number of hydrogen-bond acceptors (Lipinski definition) is 3. The quantitative estimate of drug-likeness (QED) is 0.504. The SMILES string of the molecule is CCOC(=O)c1nc(-c2cccc(I)c2)c2ccccn12. The molecule has 0 atom stereocenters. The van der Waals surface area contributed by atoms with Crippen molar-refractivity contribution >= 4 is 34.1 Å². The zero-order valence-corrected chi connectivity index (χ0v) is 13.6. The average Bonchev–Trinajstić information content (AvgIpc) is 2.87. The highest BCUT2D eigenvalue weighted by atomic mass is 127. The summed E-state index contributed by atoms with van der Waals surface area (Å²) in [7, 11) is 0. The molecule has 3 rings (SSSR count). The first-order valence-corrected chi connectivity index (χ1v) is 7.68. The van der Waals surface area contributed by atoms with Crippen molar-refractivity contribution in [1.82, 2.24) is 9.38 Å². The predicted molar refractivity (Wildman–Crippen MR) is 89.3 cm³/mol. The topological polar surface area (TPSA) is 43.6 Å². The zero-order chi connectivity index (χ0) is 14.8. The van der Waals surface area contributed by atoms with Crippen LogP contribution in [0, 0.1) is 3.57 Å². The summed E-state index contributed by atoms with van der Waals surface area (Å²) in [5.74, 6) is -0.100. The molecule has 0 radical (unpaired) electrons. The first-order valence-electron chi connectivity index (χ1n) is 6.61. The Morgan fingerprint density at radius 2 is 2.14 bits per heavy atom. The van der Waals surface area contributed by atoms with Crippen molar-refractivity contribution in [2.75, 3.05) is 6.61 Å². The van der Waals surface area contributed by atoms with Gasteiger partial charge in [0.05, 0.1) is 17.8 Å². The summed E-state index contributed by atoms with van der Waals surface area (Å²) < 4.78 is 7.98. The molecule has 0 bridgehead atoms. The van der Waals surface area contributed by atoms with E-state index < -0.39 is 5.97 Å². The summed E-state index contributed by atoms with van der Waals surface area (Å²) in [4.78, 5) is 16.6. The number of imidazole rings is 1. The van der Waals surface area contributed by atoms with Gasteiger partial charge < -0.3 is 4.74 Å². The Morgan fingerprint density at radius 3 is 2.90 bits per heavy atom. The summed E-state index contributed by atoms with van der Waals surface area (Å²) in [6.07, 6.45) is 1.83. The van der Waals surface area contributed by atoms with E-state index in [1.54, 1.807) is 11.3 Å². The minimum Gasteiger partial charge on any atom is -0.460 e. The van der Waals surface area contributed by atoms with Crippen LogP contribution < -0.4 is 0 Å². The molecule has 0 spiro atoms. The fourth-order valence-corrected chi connectivity index (χ4v) is 2.77. The molecule has 4 nitrogen and oxygen atoms in total. The van der Waals surface area contributed by atoms with Crippen molar-refractivity contribution in [1.29, 1.82) is 0 Å². The minimum absolute atomic E-state index is 0.307. The van der Waals surface area contributed by atoms with E-state index in [1.165, 1.54) is 0 Å². The minimum atomic E-state index is -0.407. The number of nitrogens with zero attached hydrogens (tertiary/aromatic N) is 2. The summed E-state index contributed by atoms with van der Waals surface area (Å²) in [6.45, 7) is 2.12. The molecule has 0 amide bonds. The molecule has 0 saturated heterocycles. The van der Waals surface area contributed by atoms with Crippen LogP contribution in [0.15, 0.2) is 48.7 Å². The van der Waals surface area contributed by atoms with Gasteiger partial charge in [-0.15, -0.1) is 0 Å². The molecule has 0 saturated carbocycles. The summed E-state index contributed by atoms with van der Waals surface area (Å²) in [5.41, 5.74) is 2.67. The van der Waals surface area contributed by atoms with E-state index in [4.69, 9.17) is 4.74 Å². The third kappa shape index (κ3) is 2.65. The molecule has 2 aromatic heterocycles. The first kappa shape index (κ1) is 14.1. The Kier molecular flexibility index (Phi) is 3.92. The fraction of sp³-hybridized carbons (Fsp3) is 0.125. The third-order valence-electron chi connectivity index (χ3n) is 3.10. The molecule has 0 fully saturated rings. The molecule has 0 aliphatic carbocycles. The maximum Gasteiger partial charge on any atom is 0.374 e. The molecule has 21 heavy (non-hydrogen) atoms. The van der Waals surface area contributed by atoms with E-state index in [-0.39, 0.29) is 0 Å². The lowest BCUT2D eigenvalue weighted by Crippen LogP contribution is -2.09. The highest BCUT2D eigenvalue weighted by molar-refractivity contribution is 14.1. The number of pyridine rings is 1. The zero-order valence-electron chi connectivity index (χ0n) is 11.4. The van der Waals surface area contributed by atoms with Gasteiger partial charge >= 0.3 is 5.97 Å². The Hall–Kier alpha value is -1.89. The van der Waals surface area contributed by atoms with Gasteiger partial charge in [-0.2, -0.15) is 0 Å². The highest BCUT2D eigenvalue weighted by Crippen LogP contribution is 2.26. The number of fused-ring (bicyclic) bond motifs is 1. The second kappa shape index (κ2) is 5.85. The van der Waals surface area contributed by atoms with Crippen molar-refractivity contribution in [3.63, 3.8) is 0 Å². The van der Waals surface area contributed by atoms with Gasteiger partial charge in [0.15, 0.2) is 0 Å². The number of rotatable bonds is 3. The Labute approximate surface area is 135 Å². The van der Waals surface area contributed by atoms with Crippen LogP contribution in [0.25, 0.3) is 16.8 Å². The summed E-state index contributed by atoms with van der Waals surface area (Å²) in [6, 6.07) is 13.8. The van der Waals surface area contributed by atoms with Gasteiger partial charge in [-0.3, -0.25) is 4.40 Å². The van der Waals surface area contributed by atoms with Gasteiger partial charge in [-0.05, 0) is 53.8 Å². The number of halogens is 1. The molecular weight excluding hydrogens is 379 g/mol. The van der Waals surface area contributed by atoms with Gasteiger partial charge in [0.25, 0.3) is 0 Å². The van der Waals surface area contributed by atoms with Gasteiger partial charge in [-0.1, -0.05) is 18.2 Å². The monoisotopic (exact) mass is 392 g/mol. The van der Waals surface area contributed by atoms with Gasteiger partial charge in [0.1, 0.15) is 0 Å². The third-order valence-corrected chi connectivity index (χ3v) is 3.78. The van der Waals surface area contributed by atoms with Crippen LogP contribution in [0.1, 0.15) is 17.5 Å². The number of ether oxygens (including phenoxy) is 1. The predicted octanol–water partition coefficient (Wildman–Crippen LogP) is 3.78. The lowest BCUT2D eigenvalue weighted by molar-refractivity contribution is 0.0511.